The summed E-state index contributed by atoms with van der Waals surface area (Å²) in [5.74, 6) is -0.766. The van der Waals surface area contributed by atoms with Crippen molar-refractivity contribution >= 4 is 5.97 Å². The fourth-order valence-corrected chi connectivity index (χ4v) is 2.60. The third-order valence-electron chi connectivity index (χ3n) is 3.60. The molecule has 1 aliphatic rings. The maximum Gasteiger partial charge on any atom is 0.321 e. The van der Waals surface area contributed by atoms with Gasteiger partial charge in [0, 0.05) is 18.7 Å². The molecule has 0 saturated carbocycles. The molecule has 1 aromatic heterocycles. The van der Waals surface area contributed by atoms with Crippen molar-refractivity contribution in [3.05, 3.63) is 59.5 Å². The molecule has 0 bridgehead atoms. The van der Waals surface area contributed by atoms with Crippen molar-refractivity contribution in [1.29, 1.82) is 0 Å². The molecule has 1 N–H and O–H groups in total. The normalized spacial score (nSPS) is 19.1. The van der Waals surface area contributed by atoms with Crippen LogP contribution in [0.2, 0.25) is 0 Å². The lowest BCUT2D eigenvalue weighted by Crippen LogP contribution is -2.44. The molecule has 4 heteroatoms. The summed E-state index contributed by atoms with van der Waals surface area (Å²) in [4.78, 5) is 13.4. The molecule has 3 rings (SSSR count). The van der Waals surface area contributed by atoms with Crippen LogP contribution in [0, 0.1) is 0 Å². The average molecular weight is 257 g/mol. The quantitative estimate of drug-likeness (QED) is 0.916. The Morgan fingerprint density at radius 1 is 1.32 bits per heavy atom. The maximum absolute atomic E-state index is 11.4. The number of benzene rings is 1. The van der Waals surface area contributed by atoms with E-state index >= 15 is 0 Å². The number of hydrogen-bond acceptors (Lipinski definition) is 3. The van der Waals surface area contributed by atoms with E-state index in [1.807, 2.05) is 29.2 Å². The summed E-state index contributed by atoms with van der Waals surface area (Å²) in [6.07, 6.45) is 3.84. The third kappa shape index (κ3) is 2.39. The zero-order valence-electron chi connectivity index (χ0n) is 10.5. The molecule has 0 saturated heterocycles. The summed E-state index contributed by atoms with van der Waals surface area (Å²) < 4.78 is 5.05. The van der Waals surface area contributed by atoms with Crippen LogP contribution < -0.4 is 0 Å². The predicted molar refractivity (Wildman–Crippen MR) is 69.5 cm³/mol. The predicted octanol–water partition coefficient (Wildman–Crippen LogP) is 2.29. The first-order valence-corrected chi connectivity index (χ1v) is 6.29. The van der Waals surface area contributed by atoms with Gasteiger partial charge in [0.25, 0.3) is 0 Å². The number of carboxylic acid groups (broad SMARTS) is 1. The van der Waals surface area contributed by atoms with E-state index in [0.29, 0.717) is 19.5 Å². The van der Waals surface area contributed by atoms with Crippen LogP contribution in [-0.2, 0) is 24.3 Å². The van der Waals surface area contributed by atoms with Crippen molar-refractivity contribution in [2.75, 3.05) is 0 Å². The first-order valence-electron chi connectivity index (χ1n) is 6.29. The molecule has 19 heavy (non-hydrogen) atoms. The summed E-state index contributed by atoms with van der Waals surface area (Å²) >= 11 is 0. The summed E-state index contributed by atoms with van der Waals surface area (Å²) in [7, 11) is 0. The largest absolute Gasteiger partial charge is 0.480 e. The number of aliphatic carboxylic acids is 1. The summed E-state index contributed by atoms with van der Waals surface area (Å²) in [5.41, 5.74) is 3.35. The monoisotopic (exact) mass is 257 g/mol. The van der Waals surface area contributed by atoms with E-state index < -0.39 is 12.0 Å². The molecule has 1 atom stereocenters. The Balaban J connectivity index is 1.87. The molecule has 1 aliphatic heterocycles. The van der Waals surface area contributed by atoms with Gasteiger partial charge in [-0.3, -0.25) is 9.69 Å². The van der Waals surface area contributed by atoms with Crippen molar-refractivity contribution < 1.29 is 14.3 Å². The number of carbonyl (C=O) groups is 1. The van der Waals surface area contributed by atoms with Crippen molar-refractivity contribution in [3.63, 3.8) is 0 Å². The first kappa shape index (κ1) is 12.0. The Morgan fingerprint density at radius 3 is 2.79 bits per heavy atom. The Morgan fingerprint density at radius 2 is 2.11 bits per heavy atom. The molecule has 0 amide bonds. The van der Waals surface area contributed by atoms with Crippen LogP contribution in [0.3, 0.4) is 0 Å². The molecule has 0 radical (unpaired) electrons. The highest BCUT2D eigenvalue weighted by atomic mass is 16.4. The molecule has 1 aromatic carbocycles. The van der Waals surface area contributed by atoms with Crippen LogP contribution in [0.25, 0.3) is 0 Å². The van der Waals surface area contributed by atoms with Gasteiger partial charge in [-0.2, -0.15) is 0 Å². The van der Waals surface area contributed by atoms with Crippen LogP contribution >= 0.6 is 0 Å². The van der Waals surface area contributed by atoms with Crippen molar-refractivity contribution in [2.24, 2.45) is 0 Å². The van der Waals surface area contributed by atoms with Gasteiger partial charge in [0.05, 0.1) is 12.5 Å². The van der Waals surface area contributed by atoms with Crippen LogP contribution in [0.15, 0.2) is 47.3 Å². The molecular weight excluding hydrogens is 242 g/mol. The Bertz CT molecular complexity index is 577. The molecule has 98 valence electrons. The zero-order valence-corrected chi connectivity index (χ0v) is 10.5. The number of carboxylic acids is 1. The van der Waals surface area contributed by atoms with E-state index in [-0.39, 0.29) is 0 Å². The SMILES string of the molecule is O=C(O)[C@@H]1Cc2ccccc2CN1Cc1ccoc1. The highest BCUT2D eigenvalue weighted by molar-refractivity contribution is 5.74. The second-order valence-electron chi connectivity index (χ2n) is 4.86. The topological polar surface area (TPSA) is 53.7 Å². The van der Waals surface area contributed by atoms with E-state index in [1.165, 1.54) is 5.56 Å². The molecule has 0 unspecified atom stereocenters. The molecule has 0 fully saturated rings. The lowest BCUT2D eigenvalue weighted by Gasteiger charge is -2.34. The number of furan rings is 1. The van der Waals surface area contributed by atoms with Gasteiger partial charge < -0.3 is 9.52 Å². The van der Waals surface area contributed by atoms with Gasteiger partial charge in [-0.1, -0.05) is 24.3 Å². The summed E-state index contributed by atoms with van der Waals surface area (Å²) in [6, 6.07) is 9.44. The number of rotatable bonds is 3. The number of nitrogens with zero attached hydrogens (tertiary/aromatic N) is 1. The van der Waals surface area contributed by atoms with Crippen molar-refractivity contribution in [1.82, 2.24) is 4.90 Å². The Kier molecular flexibility index (Phi) is 3.09. The third-order valence-corrected chi connectivity index (χ3v) is 3.60. The second-order valence-corrected chi connectivity index (χ2v) is 4.86. The van der Waals surface area contributed by atoms with Gasteiger partial charge in [-0.25, -0.2) is 0 Å². The molecule has 2 aromatic rings. The second kappa shape index (κ2) is 4.90. The maximum atomic E-state index is 11.4. The molecule has 0 aliphatic carbocycles. The minimum Gasteiger partial charge on any atom is -0.480 e. The van der Waals surface area contributed by atoms with Gasteiger partial charge in [0.15, 0.2) is 0 Å². The van der Waals surface area contributed by atoms with Gasteiger partial charge >= 0.3 is 5.97 Å². The first-order chi connectivity index (χ1) is 9.24. The van der Waals surface area contributed by atoms with E-state index in [1.54, 1.807) is 12.5 Å². The molecular formula is C15H15NO3. The van der Waals surface area contributed by atoms with Gasteiger partial charge in [0.1, 0.15) is 6.04 Å². The van der Waals surface area contributed by atoms with Crippen molar-refractivity contribution in [2.45, 2.75) is 25.6 Å². The van der Waals surface area contributed by atoms with Crippen molar-refractivity contribution in [3.8, 4) is 0 Å². The smallest absolute Gasteiger partial charge is 0.321 e. The van der Waals surface area contributed by atoms with Crippen LogP contribution in [0.1, 0.15) is 16.7 Å². The minimum absolute atomic E-state index is 0.468. The highest BCUT2D eigenvalue weighted by Crippen LogP contribution is 2.25. The van der Waals surface area contributed by atoms with Crippen LogP contribution in [0.4, 0.5) is 0 Å². The lowest BCUT2D eigenvalue weighted by molar-refractivity contribution is -0.144. The molecule has 4 nitrogen and oxygen atoms in total. The van der Waals surface area contributed by atoms with E-state index in [4.69, 9.17) is 4.42 Å². The fraction of sp³-hybridized carbons (Fsp3) is 0.267. The summed E-state index contributed by atoms with van der Waals surface area (Å²) in [5, 5.41) is 9.40. The van der Waals surface area contributed by atoms with Crippen LogP contribution in [0.5, 0.6) is 0 Å². The molecule has 2 heterocycles. The Hall–Kier alpha value is -2.07. The van der Waals surface area contributed by atoms with E-state index in [9.17, 15) is 9.90 Å². The molecule has 0 spiro atoms. The lowest BCUT2D eigenvalue weighted by atomic mass is 9.94. The number of fused-ring (bicyclic) bond motifs is 1. The summed E-state index contributed by atoms with van der Waals surface area (Å²) in [6.45, 7) is 1.26. The fourth-order valence-electron chi connectivity index (χ4n) is 2.60. The van der Waals surface area contributed by atoms with E-state index in [0.717, 1.165) is 11.1 Å². The highest BCUT2D eigenvalue weighted by Gasteiger charge is 2.31. The zero-order chi connectivity index (χ0) is 13.2. The van der Waals surface area contributed by atoms with Crippen LogP contribution in [-0.4, -0.2) is 22.0 Å². The average Bonchev–Trinajstić information content (AvgIpc) is 2.90. The Labute approximate surface area is 111 Å². The number of hydrogen-bond donors (Lipinski definition) is 1. The van der Waals surface area contributed by atoms with Gasteiger partial charge in [-0.05, 0) is 23.6 Å². The van der Waals surface area contributed by atoms with Gasteiger partial charge in [0.2, 0.25) is 0 Å². The van der Waals surface area contributed by atoms with E-state index in [2.05, 4.69) is 6.07 Å². The van der Waals surface area contributed by atoms with Gasteiger partial charge in [-0.15, -0.1) is 0 Å². The standard InChI is InChI=1S/C15H15NO3/c17-15(18)14-7-12-3-1-2-4-13(12)9-16(14)8-11-5-6-19-10-11/h1-6,10,14H,7-9H2,(H,17,18)/t14-/m0/s1. The minimum atomic E-state index is -0.766.